The molecule has 0 unspecified atom stereocenters. The van der Waals surface area contributed by atoms with Gasteiger partial charge in [-0.25, -0.2) is 9.97 Å². The zero-order valence-electron chi connectivity index (χ0n) is 12.9. The van der Waals surface area contributed by atoms with Crippen molar-refractivity contribution in [3.8, 4) is 11.4 Å². The molecule has 1 N–H and O–H groups in total. The lowest BCUT2D eigenvalue weighted by Crippen LogP contribution is -2.42. The van der Waals surface area contributed by atoms with Crippen molar-refractivity contribution in [3.05, 3.63) is 47.2 Å². The van der Waals surface area contributed by atoms with Gasteiger partial charge in [0.1, 0.15) is 0 Å². The van der Waals surface area contributed by atoms with E-state index in [1.54, 1.807) is 0 Å². The Morgan fingerprint density at radius 2 is 2.04 bits per heavy atom. The van der Waals surface area contributed by atoms with E-state index < -0.39 is 0 Å². The lowest BCUT2D eigenvalue weighted by atomic mass is 9.95. The van der Waals surface area contributed by atoms with Gasteiger partial charge in [0.2, 0.25) is 0 Å². The second-order valence-electron chi connectivity index (χ2n) is 6.77. The molecule has 2 aromatic rings. The number of carbonyl (C=O) groups is 1. The van der Waals surface area contributed by atoms with Gasteiger partial charge < -0.3 is 10.1 Å². The highest BCUT2D eigenvalue weighted by molar-refractivity contribution is 6.33. The number of nitrogens with zero attached hydrogens (tertiary/aromatic N) is 2. The van der Waals surface area contributed by atoms with E-state index >= 15 is 0 Å². The van der Waals surface area contributed by atoms with Crippen LogP contribution in [0.1, 0.15) is 23.3 Å². The number of carbonyl (C=O) groups excluding carboxylic acids is 1. The van der Waals surface area contributed by atoms with Gasteiger partial charge in [0.05, 0.1) is 29.5 Å². The lowest BCUT2D eigenvalue weighted by molar-refractivity contribution is 0.0631. The average molecular weight is 342 g/mol. The van der Waals surface area contributed by atoms with Crippen LogP contribution in [0.3, 0.4) is 0 Å². The summed E-state index contributed by atoms with van der Waals surface area (Å²) < 4.78 is 5.93. The molecule has 1 amide bonds. The van der Waals surface area contributed by atoms with E-state index in [2.05, 4.69) is 15.3 Å². The van der Waals surface area contributed by atoms with Crippen molar-refractivity contribution in [1.29, 1.82) is 0 Å². The van der Waals surface area contributed by atoms with E-state index in [0.717, 1.165) is 17.9 Å². The number of nitrogens with one attached hydrogen (secondary N) is 1. The van der Waals surface area contributed by atoms with Crippen molar-refractivity contribution in [2.24, 2.45) is 11.8 Å². The van der Waals surface area contributed by atoms with E-state index in [1.165, 1.54) is 12.6 Å². The maximum Gasteiger partial charge on any atom is 0.271 e. The molecule has 0 spiro atoms. The van der Waals surface area contributed by atoms with Crippen LogP contribution in [0.25, 0.3) is 11.4 Å². The fourth-order valence-corrected chi connectivity index (χ4v) is 4.26. The van der Waals surface area contributed by atoms with Gasteiger partial charge in [-0.2, -0.15) is 0 Å². The maximum atomic E-state index is 12.7. The number of benzene rings is 1. The Kier molecular flexibility index (Phi) is 3.15. The molecule has 122 valence electrons. The number of aromatic nitrogens is 2. The van der Waals surface area contributed by atoms with E-state index in [4.69, 9.17) is 16.3 Å². The standard InChI is InChI=1S/C18H16ClN3O2/c19-12-8-20-17(9-4-2-1-3-5-9)22-15(12)18(23)21-13-7-14-10-6-11(10)16(13)24-14/h1-5,8,10-11,13-14,16H,6-7H2,(H,21,23)/t10-,11+,13-,14+,16+/m1/s1. The predicted octanol–water partition coefficient (Wildman–Crippen LogP) is 2.70. The monoisotopic (exact) mass is 341 g/mol. The molecular formula is C18H16ClN3O2. The van der Waals surface area contributed by atoms with E-state index in [1.807, 2.05) is 30.3 Å². The van der Waals surface area contributed by atoms with Crippen LogP contribution >= 0.6 is 11.6 Å². The van der Waals surface area contributed by atoms with Crippen LogP contribution in [0.5, 0.6) is 0 Å². The van der Waals surface area contributed by atoms with Crippen LogP contribution in [-0.2, 0) is 4.74 Å². The van der Waals surface area contributed by atoms with Gasteiger partial charge in [-0.3, -0.25) is 4.79 Å². The molecular weight excluding hydrogens is 326 g/mol. The van der Waals surface area contributed by atoms with Crippen molar-refractivity contribution in [1.82, 2.24) is 15.3 Å². The fraction of sp³-hybridized carbons (Fsp3) is 0.389. The van der Waals surface area contributed by atoms with Crippen molar-refractivity contribution >= 4 is 17.5 Å². The summed E-state index contributed by atoms with van der Waals surface area (Å²) in [6, 6.07) is 9.62. The Morgan fingerprint density at radius 1 is 1.21 bits per heavy atom. The Morgan fingerprint density at radius 3 is 2.79 bits per heavy atom. The Labute approximate surface area is 144 Å². The van der Waals surface area contributed by atoms with Crippen molar-refractivity contribution in [3.63, 3.8) is 0 Å². The van der Waals surface area contributed by atoms with Crippen molar-refractivity contribution in [2.75, 3.05) is 0 Å². The number of amides is 1. The lowest BCUT2D eigenvalue weighted by Gasteiger charge is -2.20. The fourth-order valence-electron chi connectivity index (χ4n) is 4.08. The van der Waals surface area contributed by atoms with Gasteiger partial charge in [0.25, 0.3) is 5.91 Å². The molecule has 3 aliphatic rings. The number of ether oxygens (including phenoxy) is 1. The Hall–Kier alpha value is -1.98. The second-order valence-corrected chi connectivity index (χ2v) is 7.18. The summed E-state index contributed by atoms with van der Waals surface area (Å²) in [6.07, 6.45) is 4.11. The molecule has 3 fully saturated rings. The molecule has 5 rings (SSSR count). The van der Waals surface area contributed by atoms with Gasteiger partial charge in [-0.1, -0.05) is 41.9 Å². The van der Waals surface area contributed by atoms with Crippen molar-refractivity contribution < 1.29 is 9.53 Å². The largest absolute Gasteiger partial charge is 0.372 e. The normalized spacial score (nSPS) is 32.5. The molecule has 3 heterocycles. The molecule has 5 nitrogen and oxygen atoms in total. The molecule has 1 aliphatic carbocycles. The van der Waals surface area contributed by atoms with Gasteiger partial charge in [0, 0.05) is 5.56 Å². The minimum Gasteiger partial charge on any atom is -0.372 e. The molecule has 6 heteroatoms. The Bertz CT molecular complexity index is 813. The van der Waals surface area contributed by atoms with Gasteiger partial charge in [0.15, 0.2) is 11.5 Å². The van der Waals surface area contributed by atoms with Crippen molar-refractivity contribution in [2.45, 2.75) is 31.1 Å². The number of hydrogen-bond acceptors (Lipinski definition) is 4. The van der Waals surface area contributed by atoms with Gasteiger partial charge in [-0.05, 0) is 24.7 Å². The van der Waals surface area contributed by atoms with E-state index in [0.29, 0.717) is 17.8 Å². The topological polar surface area (TPSA) is 64.1 Å². The molecule has 24 heavy (non-hydrogen) atoms. The summed E-state index contributed by atoms with van der Waals surface area (Å²) in [7, 11) is 0. The smallest absolute Gasteiger partial charge is 0.271 e. The van der Waals surface area contributed by atoms with Gasteiger partial charge in [-0.15, -0.1) is 0 Å². The summed E-state index contributed by atoms with van der Waals surface area (Å²) in [5.41, 5.74) is 1.08. The molecule has 2 saturated heterocycles. The first-order valence-electron chi connectivity index (χ1n) is 8.25. The highest BCUT2D eigenvalue weighted by Crippen LogP contribution is 2.58. The first-order chi connectivity index (χ1) is 11.7. The second kappa shape index (κ2) is 5.26. The van der Waals surface area contributed by atoms with Crippen LogP contribution in [0.2, 0.25) is 5.02 Å². The first-order valence-corrected chi connectivity index (χ1v) is 8.63. The number of hydrogen-bond donors (Lipinski definition) is 1. The highest BCUT2D eigenvalue weighted by atomic mass is 35.5. The zero-order chi connectivity index (χ0) is 16.3. The van der Waals surface area contributed by atoms with E-state index in [-0.39, 0.29) is 28.8 Å². The van der Waals surface area contributed by atoms with Crippen LogP contribution in [0, 0.1) is 11.8 Å². The minimum absolute atomic E-state index is 0.0671. The minimum atomic E-state index is -0.252. The summed E-state index contributed by atoms with van der Waals surface area (Å²) in [6.45, 7) is 0. The number of halogens is 1. The number of rotatable bonds is 3. The summed E-state index contributed by atoms with van der Waals surface area (Å²) in [5.74, 6) is 1.61. The molecule has 0 radical (unpaired) electrons. The first kappa shape index (κ1) is 14.4. The third-order valence-electron chi connectivity index (χ3n) is 5.31. The van der Waals surface area contributed by atoms with Crippen LogP contribution in [0.15, 0.2) is 36.5 Å². The number of fused-ring (bicyclic) bond motifs is 5. The molecule has 2 bridgehead atoms. The molecule has 2 aliphatic heterocycles. The molecule has 5 atom stereocenters. The van der Waals surface area contributed by atoms with Crippen LogP contribution in [0.4, 0.5) is 0 Å². The summed E-state index contributed by atoms with van der Waals surface area (Å²) in [5, 5.41) is 3.33. The molecule has 1 saturated carbocycles. The SMILES string of the molecule is O=C(N[C@@H]1C[C@@H]2O[C@H]1[C@H]1C[C@H]12)c1nc(-c2ccccc2)ncc1Cl. The highest BCUT2D eigenvalue weighted by Gasteiger charge is 2.63. The quantitative estimate of drug-likeness (QED) is 0.932. The van der Waals surface area contributed by atoms with Gasteiger partial charge >= 0.3 is 0 Å². The third-order valence-corrected chi connectivity index (χ3v) is 5.59. The maximum absolute atomic E-state index is 12.7. The Balaban J connectivity index is 1.38. The average Bonchev–Trinajstić information content (AvgIpc) is 3.22. The van der Waals surface area contributed by atoms with E-state index in [9.17, 15) is 4.79 Å². The third kappa shape index (κ3) is 2.23. The van der Waals surface area contributed by atoms with Crippen LogP contribution < -0.4 is 5.32 Å². The molecule has 1 aromatic heterocycles. The van der Waals surface area contributed by atoms with Crippen LogP contribution in [-0.4, -0.2) is 34.1 Å². The molecule has 1 aromatic carbocycles. The summed E-state index contributed by atoms with van der Waals surface area (Å²) in [4.78, 5) is 21.3. The zero-order valence-corrected chi connectivity index (χ0v) is 13.6. The summed E-state index contributed by atoms with van der Waals surface area (Å²) >= 11 is 6.16. The predicted molar refractivity (Wildman–Crippen MR) is 88.6 cm³/mol.